The first-order valence-electron chi connectivity index (χ1n) is 5.78. The first kappa shape index (κ1) is 12.7. The van der Waals surface area contributed by atoms with E-state index in [1.54, 1.807) is 0 Å². The van der Waals surface area contributed by atoms with Crippen LogP contribution in [0.3, 0.4) is 0 Å². The third-order valence-corrected chi connectivity index (χ3v) is 2.89. The number of rotatable bonds is 5. The van der Waals surface area contributed by atoms with Gasteiger partial charge in [-0.15, -0.1) is 6.58 Å². The van der Waals surface area contributed by atoms with E-state index in [2.05, 4.69) is 25.3 Å². The Hall–Kier alpha value is -0.380. The third kappa shape index (κ3) is 4.33. The molecule has 1 N–H and O–H groups in total. The molecular formula is C12H23NO2. The minimum absolute atomic E-state index is 0.240. The molecule has 0 aromatic heterocycles. The topological polar surface area (TPSA) is 32.7 Å². The largest absolute Gasteiger partial charge is 0.392 e. The molecule has 3 heteroatoms. The summed E-state index contributed by atoms with van der Waals surface area (Å²) in [5, 5.41) is 9.81. The summed E-state index contributed by atoms with van der Waals surface area (Å²) in [5.41, 5.74) is 0. The second-order valence-corrected chi connectivity index (χ2v) is 4.47. The van der Waals surface area contributed by atoms with Crippen LogP contribution in [0.4, 0.5) is 0 Å². The highest BCUT2D eigenvalue weighted by atomic mass is 16.5. The van der Waals surface area contributed by atoms with Crippen LogP contribution in [0.2, 0.25) is 0 Å². The lowest BCUT2D eigenvalue weighted by molar-refractivity contribution is -0.0620. The Bertz CT molecular complexity index is 196. The fourth-order valence-electron chi connectivity index (χ4n) is 1.90. The fraction of sp³-hybridized carbons (Fsp3) is 0.833. The van der Waals surface area contributed by atoms with Crippen molar-refractivity contribution in [1.29, 1.82) is 0 Å². The number of hydrogen-bond donors (Lipinski definition) is 1. The summed E-state index contributed by atoms with van der Waals surface area (Å²) < 4.78 is 5.54. The van der Waals surface area contributed by atoms with Crippen molar-refractivity contribution in [1.82, 2.24) is 4.90 Å². The molecule has 0 aromatic carbocycles. The quantitative estimate of drug-likeness (QED) is 0.701. The van der Waals surface area contributed by atoms with Crippen LogP contribution >= 0.6 is 0 Å². The second kappa shape index (κ2) is 6.26. The van der Waals surface area contributed by atoms with Crippen molar-refractivity contribution < 1.29 is 9.84 Å². The number of aliphatic hydroxyl groups is 1. The smallest absolute Gasteiger partial charge is 0.0674 e. The van der Waals surface area contributed by atoms with Crippen molar-refractivity contribution in [2.45, 2.75) is 44.9 Å². The number of β-amino-alcohol motifs (C(OH)–C–C–N with tert-alkyl or cyclic N) is 1. The molecule has 0 radical (unpaired) electrons. The molecule has 3 atom stereocenters. The Kier molecular flexibility index (Phi) is 5.29. The zero-order chi connectivity index (χ0) is 11.3. The van der Waals surface area contributed by atoms with Crippen LogP contribution in [-0.4, -0.2) is 48.0 Å². The zero-order valence-electron chi connectivity index (χ0n) is 9.85. The monoisotopic (exact) mass is 213 g/mol. The summed E-state index contributed by atoms with van der Waals surface area (Å²) in [6.07, 6.45) is 3.59. The molecule has 1 rings (SSSR count). The number of allylic oxidation sites excluding steroid dienone is 1. The molecule has 0 bridgehead atoms. The van der Waals surface area contributed by atoms with Gasteiger partial charge in [0.15, 0.2) is 0 Å². The van der Waals surface area contributed by atoms with Crippen molar-refractivity contribution in [2.75, 3.05) is 19.7 Å². The number of hydrogen-bond acceptors (Lipinski definition) is 3. The molecule has 0 aliphatic carbocycles. The molecule has 1 heterocycles. The predicted molar refractivity (Wildman–Crippen MR) is 61.9 cm³/mol. The van der Waals surface area contributed by atoms with Crippen molar-refractivity contribution in [2.24, 2.45) is 0 Å². The van der Waals surface area contributed by atoms with E-state index in [0.29, 0.717) is 6.04 Å². The van der Waals surface area contributed by atoms with Crippen molar-refractivity contribution in [3.05, 3.63) is 12.7 Å². The van der Waals surface area contributed by atoms with Crippen LogP contribution < -0.4 is 0 Å². The van der Waals surface area contributed by atoms with Gasteiger partial charge in [0, 0.05) is 19.1 Å². The highest BCUT2D eigenvalue weighted by Gasteiger charge is 2.24. The van der Waals surface area contributed by atoms with E-state index in [9.17, 15) is 5.11 Å². The average Bonchev–Trinajstić information content (AvgIpc) is 2.20. The predicted octanol–water partition coefficient (Wildman–Crippen LogP) is 1.42. The van der Waals surface area contributed by atoms with Crippen LogP contribution in [0.15, 0.2) is 12.7 Å². The highest BCUT2D eigenvalue weighted by Crippen LogP contribution is 2.12. The summed E-state index contributed by atoms with van der Waals surface area (Å²) in [6, 6.07) is 0.416. The average molecular weight is 213 g/mol. The Morgan fingerprint density at radius 3 is 3.00 bits per heavy atom. The molecule has 1 fully saturated rings. The molecule has 0 aromatic rings. The molecule has 1 aliphatic rings. The first-order valence-corrected chi connectivity index (χ1v) is 5.78. The molecule has 15 heavy (non-hydrogen) atoms. The van der Waals surface area contributed by atoms with Crippen LogP contribution in [-0.2, 0) is 4.74 Å². The van der Waals surface area contributed by atoms with E-state index >= 15 is 0 Å². The van der Waals surface area contributed by atoms with Crippen LogP contribution in [0.25, 0.3) is 0 Å². The maximum atomic E-state index is 9.81. The van der Waals surface area contributed by atoms with E-state index in [1.165, 1.54) is 0 Å². The molecule has 88 valence electrons. The van der Waals surface area contributed by atoms with Crippen molar-refractivity contribution in [3.8, 4) is 0 Å². The molecule has 0 amide bonds. The molecule has 3 unspecified atom stereocenters. The lowest BCUT2D eigenvalue weighted by Gasteiger charge is -2.37. The summed E-state index contributed by atoms with van der Waals surface area (Å²) in [4.78, 5) is 2.31. The van der Waals surface area contributed by atoms with Crippen LogP contribution in [0.5, 0.6) is 0 Å². The number of ether oxygens (including phenoxy) is 1. The van der Waals surface area contributed by atoms with Gasteiger partial charge >= 0.3 is 0 Å². The van der Waals surface area contributed by atoms with Gasteiger partial charge in [-0.3, -0.25) is 4.90 Å². The standard InChI is InChI=1S/C12H23NO2/c1-4-5-6-12(14)8-13-7-11(3)15-9-10(13)2/h4,10-12,14H,1,5-9H2,2-3H3. The van der Waals surface area contributed by atoms with Gasteiger partial charge in [-0.2, -0.15) is 0 Å². The zero-order valence-corrected chi connectivity index (χ0v) is 9.85. The summed E-state index contributed by atoms with van der Waals surface area (Å²) >= 11 is 0. The highest BCUT2D eigenvalue weighted by molar-refractivity contribution is 4.78. The van der Waals surface area contributed by atoms with Crippen LogP contribution in [0, 0.1) is 0 Å². The van der Waals surface area contributed by atoms with Gasteiger partial charge in [0.05, 0.1) is 18.8 Å². The summed E-state index contributed by atoms with van der Waals surface area (Å²) in [5.74, 6) is 0. The van der Waals surface area contributed by atoms with Crippen molar-refractivity contribution >= 4 is 0 Å². The van der Waals surface area contributed by atoms with Gasteiger partial charge in [-0.1, -0.05) is 6.08 Å². The lowest BCUT2D eigenvalue weighted by Crippen LogP contribution is -2.49. The third-order valence-electron chi connectivity index (χ3n) is 2.89. The minimum Gasteiger partial charge on any atom is -0.392 e. The Balaban J connectivity index is 2.31. The Labute approximate surface area is 92.7 Å². The molecule has 0 saturated carbocycles. The number of nitrogens with zero attached hydrogens (tertiary/aromatic N) is 1. The van der Waals surface area contributed by atoms with E-state index in [4.69, 9.17) is 4.74 Å². The maximum Gasteiger partial charge on any atom is 0.0674 e. The minimum atomic E-state index is -0.240. The molecular weight excluding hydrogens is 190 g/mol. The SMILES string of the molecule is C=CCCC(O)CN1CC(C)OCC1C. The maximum absolute atomic E-state index is 9.81. The first-order chi connectivity index (χ1) is 7.13. The van der Waals surface area contributed by atoms with Gasteiger partial charge in [0.2, 0.25) is 0 Å². The molecule has 1 aliphatic heterocycles. The number of morpholine rings is 1. The fourth-order valence-corrected chi connectivity index (χ4v) is 1.90. The van der Waals surface area contributed by atoms with Gasteiger partial charge in [-0.05, 0) is 26.7 Å². The van der Waals surface area contributed by atoms with E-state index < -0.39 is 0 Å². The lowest BCUT2D eigenvalue weighted by atomic mass is 10.1. The molecule has 3 nitrogen and oxygen atoms in total. The van der Waals surface area contributed by atoms with Gasteiger partial charge in [0.1, 0.15) is 0 Å². The normalized spacial score (nSPS) is 30.1. The molecule has 0 spiro atoms. The summed E-state index contributed by atoms with van der Waals surface area (Å²) in [7, 11) is 0. The molecule has 1 saturated heterocycles. The summed E-state index contributed by atoms with van der Waals surface area (Å²) in [6.45, 7) is 10.3. The van der Waals surface area contributed by atoms with Gasteiger partial charge in [0.25, 0.3) is 0 Å². The second-order valence-electron chi connectivity index (χ2n) is 4.47. The Morgan fingerprint density at radius 2 is 2.33 bits per heavy atom. The van der Waals surface area contributed by atoms with Gasteiger partial charge < -0.3 is 9.84 Å². The van der Waals surface area contributed by atoms with Crippen LogP contribution in [0.1, 0.15) is 26.7 Å². The number of aliphatic hydroxyl groups excluding tert-OH is 1. The van der Waals surface area contributed by atoms with E-state index in [0.717, 1.165) is 32.5 Å². The Morgan fingerprint density at radius 1 is 1.60 bits per heavy atom. The van der Waals surface area contributed by atoms with E-state index in [-0.39, 0.29) is 12.2 Å². The van der Waals surface area contributed by atoms with Gasteiger partial charge in [-0.25, -0.2) is 0 Å². The van der Waals surface area contributed by atoms with Crippen molar-refractivity contribution in [3.63, 3.8) is 0 Å². The van der Waals surface area contributed by atoms with E-state index in [1.807, 2.05) is 6.08 Å².